The molecule has 1 aromatic carbocycles. The van der Waals surface area contributed by atoms with E-state index >= 15 is 0 Å². The second kappa shape index (κ2) is 6.01. The number of ether oxygens (including phenoxy) is 1. The molecule has 0 fully saturated rings. The number of carbonyl (C=O) groups excluding carboxylic acids is 1. The van der Waals surface area contributed by atoms with Crippen molar-refractivity contribution in [3.8, 4) is 11.1 Å². The van der Waals surface area contributed by atoms with Crippen molar-refractivity contribution in [2.24, 2.45) is 0 Å². The molecule has 3 rings (SSSR count). The number of aromatic nitrogens is 3. The molecule has 0 aliphatic carbocycles. The predicted octanol–water partition coefficient (Wildman–Crippen LogP) is 3.84. The molecular weight excluding hydrogens is 314 g/mol. The number of aryl methyl sites for hydroxylation is 2. The summed E-state index contributed by atoms with van der Waals surface area (Å²) in [7, 11) is 0. The first kappa shape index (κ1) is 15.5. The standard InChI is InChI=1S/C17H16ClN3O2/c1-4-23-17(22)14-9-19-16-15(10(2)20-21(16)11(14)3)12-5-7-13(18)8-6-12/h5-9H,4H2,1-3H3. The van der Waals surface area contributed by atoms with Gasteiger partial charge in [0.15, 0.2) is 5.65 Å². The van der Waals surface area contributed by atoms with Gasteiger partial charge in [-0.15, -0.1) is 0 Å². The minimum atomic E-state index is -0.388. The van der Waals surface area contributed by atoms with E-state index in [0.717, 1.165) is 16.8 Å². The third-order valence-electron chi connectivity index (χ3n) is 3.69. The molecule has 2 heterocycles. The van der Waals surface area contributed by atoms with E-state index in [1.165, 1.54) is 0 Å². The van der Waals surface area contributed by atoms with E-state index in [0.29, 0.717) is 28.5 Å². The van der Waals surface area contributed by atoms with Crippen LogP contribution < -0.4 is 0 Å². The zero-order valence-electron chi connectivity index (χ0n) is 13.1. The van der Waals surface area contributed by atoms with Crippen molar-refractivity contribution in [1.29, 1.82) is 0 Å². The van der Waals surface area contributed by atoms with Crippen molar-refractivity contribution in [1.82, 2.24) is 14.6 Å². The van der Waals surface area contributed by atoms with Crippen LogP contribution in [0.2, 0.25) is 5.02 Å². The van der Waals surface area contributed by atoms with Crippen molar-refractivity contribution >= 4 is 23.2 Å². The second-order valence-corrected chi connectivity index (χ2v) is 5.62. The number of hydrogen-bond acceptors (Lipinski definition) is 4. The summed E-state index contributed by atoms with van der Waals surface area (Å²) in [5, 5.41) is 5.21. The lowest BCUT2D eigenvalue weighted by molar-refractivity contribution is 0.0524. The van der Waals surface area contributed by atoms with Crippen LogP contribution in [0.1, 0.15) is 28.7 Å². The van der Waals surface area contributed by atoms with E-state index in [1.54, 1.807) is 17.6 Å². The molecule has 0 N–H and O–H groups in total. The van der Waals surface area contributed by atoms with Gasteiger partial charge in [0.2, 0.25) is 0 Å². The smallest absolute Gasteiger partial charge is 0.341 e. The number of carbonyl (C=O) groups is 1. The van der Waals surface area contributed by atoms with Crippen molar-refractivity contribution in [2.75, 3.05) is 6.61 Å². The van der Waals surface area contributed by atoms with Crippen molar-refractivity contribution in [2.45, 2.75) is 20.8 Å². The van der Waals surface area contributed by atoms with Gasteiger partial charge < -0.3 is 4.74 Å². The van der Waals surface area contributed by atoms with Crippen LogP contribution in [0.15, 0.2) is 30.5 Å². The molecule has 118 valence electrons. The first-order chi connectivity index (χ1) is 11.0. The van der Waals surface area contributed by atoms with Gasteiger partial charge in [0, 0.05) is 16.8 Å². The first-order valence-corrected chi connectivity index (χ1v) is 7.68. The van der Waals surface area contributed by atoms with E-state index in [4.69, 9.17) is 16.3 Å². The average molecular weight is 330 g/mol. The Labute approximate surface area is 138 Å². The van der Waals surface area contributed by atoms with Crippen molar-refractivity contribution in [3.63, 3.8) is 0 Å². The highest BCUT2D eigenvalue weighted by Gasteiger charge is 2.19. The number of rotatable bonds is 3. The molecule has 0 saturated carbocycles. The van der Waals surface area contributed by atoms with Gasteiger partial charge in [0.25, 0.3) is 0 Å². The van der Waals surface area contributed by atoms with Crippen LogP contribution >= 0.6 is 11.6 Å². The van der Waals surface area contributed by atoms with Crippen LogP contribution in [0, 0.1) is 13.8 Å². The van der Waals surface area contributed by atoms with E-state index in [9.17, 15) is 4.79 Å². The van der Waals surface area contributed by atoms with E-state index in [-0.39, 0.29) is 5.97 Å². The molecule has 0 radical (unpaired) electrons. The van der Waals surface area contributed by atoms with Crippen LogP contribution in [-0.4, -0.2) is 27.2 Å². The van der Waals surface area contributed by atoms with Crippen molar-refractivity contribution in [3.05, 3.63) is 52.4 Å². The number of benzene rings is 1. The van der Waals surface area contributed by atoms with E-state index < -0.39 is 0 Å². The minimum Gasteiger partial charge on any atom is -0.462 e. The molecule has 0 aliphatic heterocycles. The molecule has 0 amide bonds. The Hall–Kier alpha value is -2.40. The predicted molar refractivity (Wildman–Crippen MR) is 88.9 cm³/mol. The molecule has 3 aromatic rings. The third-order valence-corrected chi connectivity index (χ3v) is 3.94. The summed E-state index contributed by atoms with van der Waals surface area (Å²) in [5.74, 6) is -0.388. The molecule has 0 saturated heterocycles. The number of halogens is 1. The topological polar surface area (TPSA) is 56.5 Å². The fourth-order valence-electron chi connectivity index (χ4n) is 2.57. The summed E-state index contributed by atoms with van der Waals surface area (Å²) in [6.45, 7) is 5.85. The van der Waals surface area contributed by atoms with Crippen LogP contribution in [0.4, 0.5) is 0 Å². The Morgan fingerprint density at radius 1 is 1.26 bits per heavy atom. The molecule has 6 heteroatoms. The largest absolute Gasteiger partial charge is 0.462 e. The highest BCUT2D eigenvalue weighted by Crippen LogP contribution is 2.29. The van der Waals surface area contributed by atoms with Crippen LogP contribution in [0.5, 0.6) is 0 Å². The molecule has 0 spiro atoms. The Morgan fingerprint density at radius 2 is 1.96 bits per heavy atom. The summed E-state index contributed by atoms with van der Waals surface area (Å²) in [6.07, 6.45) is 1.54. The molecule has 2 aromatic heterocycles. The van der Waals surface area contributed by atoms with Crippen molar-refractivity contribution < 1.29 is 9.53 Å². The molecule has 5 nitrogen and oxygen atoms in total. The van der Waals surface area contributed by atoms with Gasteiger partial charge >= 0.3 is 5.97 Å². The third kappa shape index (κ3) is 2.68. The number of hydrogen-bond donors (Lipinski definition) is 0. The van der Waals surface area contributed by atoms with Gasteiger partial charge in [0.05, 0.1) is 23.6 Å². The van der Waals surface area contributed by atoms with Gasteiger partial charge in [-0.05, 0) is 38.5 Å². The lowest BCUT2D eigenvalue weighted by Gasteiger charge is -2.07. The van der Waals surface area contributed by atoms with Gasteiger partial charge in [0.1, 0.15) is 0 Å². The maximum Gasteiger partial charge on any atom is 0.341 e. The maximum atomic E-state index is 12.0. The summed E-state index contributed by atoms with van der Waals surface area (Å²) < 4.78 is 6.74. The van der Waals surface area contributed by atoms with Gasteiger partial charge in [-0.1, -0.05) is 23.7 Å². The lowest BCUT2D eigenvalue weighted by atomic mass is 10.1. The molecule has 0 aliphatic rings. The number of nitrogens with zero attached hydrogens (tertiary/aromatic N) is 3. The Kier molecular flexibility index (Phi) is 4.05. The zero-order valence-corrected chi connectivity index (χ0v) is 13.9. The quantitative estimate of drug-likeness (QED) is 0.685. The molecule has 23 heavy (non-hydrogen) atoms. The van der Waals surface area contributed by atoms with Gasteiger partial charge in [-0.25, -0.2) is 14.3 Å². The fraction of sp³-hybridized carbons (Fsp3) is 0.235. The van der Waals surface area contributed by atoms with Crippen LogP contribution in [0.3, 0.4) is 0 Å². The molecular formula is C17H16ClN3O2. The van der Waals surface area contributed by atoms with E-state index in [1.807, 2.05) is 38.1 Å². The zero-order chi connectivity index (χ0) is 16.6. The number of esters is 1. The van der Waals surface area contributed by atoms with Gasteiger partial charge in [-0.3, -0.25) is 0 Å². The summed E-state index contributed by atoms with van der Waals surface area (Å²) in [5.41, 5.74) is 4.58. The summed E-state index contributed by atoms with van der Waals surface area (Å²) >= 11 is 5.95. The highest BCUT2D eigenvalue weighted by atomic mass is 35.5. The Morgan fingerprint density at radius 3 is 2.61 bits per heavy atom. The highest BCUT2D eigenvalue weighted by molar-refractivity contribution is 6.30. The minimum absolute atomic E-state index is 0.324. The normalized spacial score (nSPS) is 11.0. The fourth-order valence-corrected chi connectivity index (χ4v) is 2.69. The first-order valence-electron chi connectivity index (χ1n) is 7.31. The van der Waals surface area contributed by atoms with Gasteiger partial charge in [-0.2, -0.15) is 5.10 Å². The molecule has 0 bridgehead atoms. The SMILES string of the molecule is CCOC(=O)c1cnc2c(-c3ccc(Cl)cc3)c(C)nn2c1C. The second-order valence-electron chi connectivity index (χ2n) is 5.18. The van der Waals surface area contributed by atoms with Crippen LogP contribution in [0.25, 0.3) is 16.8 Å². The number of fused-ring (bicyclic) bond motifs is 1. The lowest BCUT2D eigenvalue weighted by Crippen LogP contribution is -2.11. The Bertz CT molecular complexity index is 885. The molecule has 0 unspecified atom stereocenters. The maximum absolute atomic E-state index is 12.0. The monoisotopic (exact) mass is 329 g/mol. The molecule has 0 atom stereocenters. The average Bonchev–Trinajstić information content (AvgIpc) is 2.86. The van der Waals surface area contributed by atoms with E-state index in [2.05, 4.69) is 10.1 Å². The summed E-state index contributed by atoms with van der Waals surface area (Å²) in [4.78, 5) is 16.4. The van der Waals surface area contributed by atoms with Crippen LogP contribution in [-0.2, 0) is 4.74 Å². The summed E-state index contributed by atoms with van der Waals surface area (Å²) in [6, 6.07) is 7.53. The Balaban J connectivity index is 2.19.